The molecule has 12 heavy (non-hydrogen) atoms. The summed E-state index contributed by atoms with van der Waals surface area (Å²) in [6, 6.07) is 0. The van der Waals surface area contributed by atoms with Gasteiger partial charge in [-0.25, -0.2) is 0 Å². The molecule has 0 unspecified atom stereocenters. The first kappa shape index (κ1) is 11.0. The average Bonchev–Trinajstić information content (AvgIpc) is 2.01. The number of carbonyl (C=O) groups is 1. The molecule has 1 N–H and O–H groups in total. The Hall–Kier alpha value is -1.01. The van der Waals surface area contributed by atoms with E-state index in [0.717, 1.165) is 0 Å². The summed E-state index contributed by atoms with van der Waals surface area (Å²) in [6.45, 7) is 5.04. The minimum atomic E-state index is -0.251. The van der Waals surface area contributed by atoms with E-state index in [9.17, 15) is 4.79 Å². The van der Waals surface area contributed by atoms with E-state index in [1.165, 1.54) is 0 Å². The molecule has 0 aliphatic heterocycles. The Labute approximate surface area is 73.5 Å². The van der Waals surface area contributed by atoms with Crippen LogP contribution in [0.25, 0.3) is 0 Å². The molecule has 0 fully saturated rings. The van der Waals surface area contributed by atoms with Crippen molar-refractivity contribution in [1.82, 2.24) is 5.32 Å². The molecule has 0 aliphatic carbocycles. The number of hydrogen-bond donors (Lipinski definition) is 1. The second-order valence-electron chi connectivity index (χ2n) is 2.88. The van der Waals surface area contributed by atoms with Crippen molar-refractivity contribution in [2.45, 2.75) is 13.8 Å². The summed E-state index contributed by atoms with van der Waals surface area (Å²) in [6.07, 6.45) is 4.97. The fraction of sp³-hybridized carbons (Fsp3) is 0.667. The van der Waals surface area contributed by atoms with Gasteiger partial charge in [-0.05, 0) is 5.92 Å². The van der Waals surface area contributed by atoms with Crippen LogP contribution in [0.4, 0.5) is 0 Å². The van der Waals surface area contributed by atoms with E-state index >= 15 is 0 Å². The van der Waals surface area contributed by atoms with E-state index in [2.05, 4.69) is 11.2 Å². The highest BCUT2D eigenvalue weighted by Crippen LogP contribution is 1.91. The number of ether oxygens (including phenoxy) is 1. The van der Waals surface area contributed by atoms with Crippen molar-refractivity contribution in [1.29, 1.82) is 0 Å². The van der Waals surface area contributed by atoms with Crippen LogP contribution in [-0.2, 0) is 9.53 Å². The van der Waals surface area contributed by atoms with Gasteiger partial charge in [-0.2, -0.15) is 0 Å². The van der Waals surface area contributed by atoms with Gasteiger partial charge in [0.25, 0.3) is 0 Å². The fourth-order valence-electron chi connectivity index (χ4n) is 0.547. The number of nitrogens with one attached hydrogen (secondary N) is 1. The smallest absolute Gasteiger partial charge is 0.319 e. The molecule has 0 spiro atoms. The van der Waals surface area contributed by atoms with Gasteiger partial charge in [0.1, 0.15) is 0 Å². The largest absolute Gasteiger partial charge is 0.464 e. The maximum atomic E-state index is 10.9. The van der Waals surface area contributed by atoms with Gasteiger partial charge in [-0.15, -0.1) is 6.42 Å². The molecule has 0 saturated carbocycles. The van der Waals surface area contributed by atoms with Crippen molar-refractivity contribution in [3.05, 3.63) is 0 Å². The van der Waals surface area contributed by atoms with Gasteiger partial charge in [-0.3, -0.25) is 10.1 Å². The highest BCUT2D eigenvalue weighted by atomic mass is 16.5. The lowest BCUT2D eigenvalue weighted by Gasteiger charge is -2.06. The average molecular weight is 169 g/mol. The lowest BCUT2D eigenvalue weighted by molar-refractivity contribution is -0.143. The molecule has 3 nitrogen and oxygen atoms in total. The molecule has 0 aromatic heterocycles. The zero-order valence-electron chi connectivity index (χ0n) is 7.59. The van der Waals surface area contributed by atoms with Crippen molar-refractivity contribution in [2.75, 3.05) is 19.7 Å². The maximum absolute atomic E-state index is 10.9. The second-order valence-corrected chi connectivity index (χ2v) is 2.88. The van der Waals surface area contributed by atoms with Gasteiger partial charge in [0.2, 0.25) is 0 Å². The van der Waals surface area contributed by atoms with Gasteiger partial charge in [0.15, 0.2) is 0 Å². The van der Waals surface area contributed by atoms with Crippen LogP contribution in [0.2, 0.25) is 0 Å². The third-order valence-electron chi connectivity index (χ3n) is 1.07. The summed E-state index contributed by atoms with van der Waals surface area (Å²) >= 11 is 0. The van der Waals surface area contributed by atoms with E-state index in [4.69, 9.17) is 11.2 Å². The summed E-state index contributed by atoms with van der Waals surface area (Å²) < 4.78 is 4.88. The molecular formula is C9H15NO2. The Morgan fingerprint density at radius 3 is 2.83 bits per heavy atom. The molecule has 0 heterocycles. The first-order valence-electron chi connectivity index (χ1n) is 3.96. The van der Waals surface area contributed by atoms with E-state index in [0.29, 0.717) is 19.1 Å². The molecule has 3 heteroatoms. The number of esters is 1. The number of rotatable bonds is 5. The van der Waals surface area contributed by atoms with Crippen LogP contribution in [0.5, 0.6) is 0 Å². The SMILES string of the molecule is C#CCNCC(=O)OCC(C)C. The summed E-state index contributed by atoms with van der Waals surface area (Å²) in [5.74, 6) is 2.49. The van der Waals surface area contributed by atoms with Gasteiger partial charge < -0.3 is 4.74 Å². The van der Waals surface area contributed by atoms with E-state index in [-0.39, 0.29) is 12.5 Å². The lowest BCUT2D eigenvalue weighted by Crippen LogP contribution is -2.25. The summed E-state index contributed by atoms with van der Waals surface area (Å²) in [4.78, 5) is 10.9. The molecule has 0 atom stereocenters. The number of carbonyl (C=O) groups excluding carboxylic acids is 1. The number of terminal acetylenes is 1. The van der Waals surface area contributed by atoms with Crippen LogP contribution in [0.1, 0.15) is 13.8 Å². The quantitative estimate of drug-likeness (QED) is 0.368. The predicted octanol–water partition coefficient (Wildman–Crippen LogP) is 0.408. The first-order chi connectivity index (χ1) is 5.66. The zero-order valence-corrected chi connectivity index (χ0v) is 7.59. The van der Waals surface area contributed by atoms with Crippen molar-refractivity contribution < 1.29 is 9.53 Å². The summed E-state index contributed by atoms with van der Waals surface area (Å²) in [7, 11) is 0. The summed E-state index contributed by atoms with van der Waals surface area (Å²) in [5, 5.41) is 2.75. The van der Waals surface area contributed by atoms with Crippen LogP contribution < -0.4 is 5.32 Å². The minimum Gasteiger partial charge on any atom is -0.464 e. The van der Waals surface area contributed by atoms with Crippen molar-refractivity contribution in [3.8, 4) is 12.3 Å². The van der Waals surface area contributed by atoms with E-state index in [1.54, 1.807) is 0 Å². The molecular weight excluding hydrogens is 154 g/mol. The maximum Gasteiger partial charge on any atom is 0.319 e. The van der Waals surface area contributed by atoms with E-state index < -0.39 is 0 Å². The molecule has 68 valence electrons. The standard InChI is InChI=1S/C9H15NO2/c1-4-5-10-6-9(11)12-7-8(2)3/h1,8,10H,5-7H2,2-3H3. The highest BCUT2D eigenvalue weighted by molar-refractivity contribution is 5.71. The van der Waals surface area contributed by atoms with E-state index in [1.807, 2.05) is 13.8 Å². The number of hydrogen-bond acceptors (Lipinski definition) is 3. The van der Waals surface area contributed by atoms with Crippen LogP contribution in [0.15, 0.2) is 0 Å². The molecule has 0 saturated heterocycles. The normalized spacial score (nSPS) is 9.50. The van der Waals surface area contributed by atoms with Crippen LogP contribution in [-0.4, -0.2) is 25.7 Å². The molecule has 0 aromatic carbocycles. The Kier molecular flexibility index (Phi) is 6.12. The van der Waals surface area contributed by atoms with Crippen LogP contribution >= 0.6 is 0 Å². The topological polar surface area (TPSA) is 38.3 Å². The molecule has 0 radical (unpaired) electrons. The second kappa shape index (κ2) is 6.68. The molecule has 0 rings (SSSR count). The third-order valence-corrected chi connectivity index (χ3v) is 1.07. The monoisotopic (exact) mass is 169 g/mol. The highest BCUT2D eigenvalue weighted by Gasteiger charge is 2.02. The van der Waals surface area contributed by atoms with Gasteiger partial charge in [0, 0.05) is 0 Å². The Morgan fingerprint density at radius 1 is 1.67 bits per heavy atom. The van der Waals surface area contributed by atoms with Crippen molar-refractivity contribution >= 4 is 5.97 Å². The zero-order chi connectivity index (χ0) is 9.40. The Balaban J connectivity index is 3.29. The summed E-state index contributed by atoms with van der Waals surface area (Å²) in [5.41, 5.74) is 0. The fourth-order valence-corrected chi connectivity index (χ4v) is 0.547. The third kappa shape index (κ3) is 7.10. The van der Waals surface area contributed by atoms with Gasteiger partial charge in [0.05, 0.1) is 19.7 Å². The Bertz CT molecular complexity index is 170. The molecule has 0 amide bonds. The molecule has 0 aliphatic rings. The molecule has 0 aromatic rings. The Morgan fingerprint density at radius 2 is 2.33 bits per heavy atom. The van der Waals surface area contributed by atoms with Crippen LogP contribution in [0, 0.1) is 18.3 Å². The van der Waals surface area contributed by atoms with Crippen molar-refractivity contribution in [2.24, 2.45) is 5.92 Å². The predicted molar refractivity (Wildman–Crippen MR) is 47.5 cm³/mol. The van der Waals surface area contributed by atoms with Crippen molar-refractivity contribution in [3.63, 3.8) is 0 Å². The molecule has 0 bridgehead atoms. The van der Waals surface area contributed by atoms with Crippen LogP contribution in [0.3, 0.4) is 0 Å². The minimum absolute atomic E-state index is 0.191. The lowest BCUT2D eigenvalue weighted by atomic mass is 10.2. The van der Waals surface area contributed by atoms with Gasteiger partial charge in [-0.1, -0.05) is 19.8 Å². The first-order valence-corrected chi connectivity index (χ1v) is 3.96. The van der Waals surface area contributed by atoms with Gasteiger partial charge >= 0.3 is 5.97 Å².